The van der Waals surface area contributed by atoms with Crippen LogP contribution < -0.4 is 16.0 Å². The zero-order valence-corrected chi connectivity index (χ0v) is 23.6. The van der Waals surface area contributed by atoms with Gasteiger partial charge < -0.3 is 20.9 Å². The number of fused-ring (bicyclic) bond motifs is 1. The normalized spacial score (nSPS) is 22.3. The number of nitrogens with one attached hydrogen (secondary N) is 3. The molecule has 3 N–H and O–H groups in total. The van der Waals surface area contributed by atoms with Crippen molar-refractivity contribution in [3.63, 3.8) is 0 Å². The van der Waals surface area contributed by atoms with Crippen LogP contribution in [0.5, 0.6) is 0 Å². The summed E-state index contributed by atoms with van der Waals surface area (Å²) in [5.41, 5.74) is 0.664. The highest BCUT2D eigenvalue weighted by Gasteiger charge is 2.40. The maximum atomic E-state index is 13.3. The summed E-state index contributed by atoms with van der Waals surface area (Å²) in [6.45, 7) is 4.84. The number of thiazole rings is 1. The lowest BCUT2D eigenvalue weighted by Gasteiger charge is -2.37. The number of carbonyl (C=O) groups excluding carboxylic acids is 4. The minimum Gasteiger partial charge on any atom is -0.349 e. The van der Waals surface area contributed by atoms with Crippen molar-refractivity contribution in [2.75, 3.05) is 26.5 Å². The van der Waals surface area contributed by atoms with Crippen LogP contribution in [0.25, 0.3) is 0 Å². The fourth-order valence-corrected chi connectivity index (χ4v) is 6.06. The standard InChI is InChI=1S/C25H32ClN7O4S/c1-25(2)19-17(12-33(25)5)30-23(38-19)22(36)29-16-10-13(24(37)32(3)4)6-8-15(16)28-20(34)21(35)31-18-9-7-14(26)11-27-18/h7,9,11,13,15-16H,6,8,10,12H2,1-5H3,(H,28,34)(H,29,36)(H,27,31,35)/t13-,15-,16+/m0/s1. The molecule has 3 atom stereocenters. The number of anilines is 1. The van der Waals surface area contributed by atoms with Gasteiger partial charge in [-0.25, -0.2) is 9.97 Å². The number of halogens is 1. The molecule has 4 rings (SSSR count). The maximum absolute atomic E-state index is 13.3. The molecular weight excluding hydrogens is 530 g/mol. The van der Waals surface area contributed by atoms with E-state index in [4.69, 9.17) is 11.6 Å². The molecule has 0 bridgehead atoms. The molecule has 3 heterocycles. The van der Waals surface area contributed by atoms with Crippen LogP contribution in [0.3, 0.4) is 0 Å². The van der Waals surface area contributed by atoms with E-state index in [9.17, 15) is 19.2 Å². The fraction of sp³-hybridized carbons (Fsp3) is 0.520. The van der Waals surface area contributed by atoms with Crippen molar-refractivity contribution in [2.45, 2.75) is 57.3 Å². The first-order valence-electron chi connectivity index (χ1n) is 12.3. The van der Waals surface area contributed by atoms with Crippen molar-refractivity contribution >= 4 is 52.4 Å². The summed E-state index contributed by atoms with van der Waals surface area (Å²) in [4.78, 5) is 64.5. The lowest BCUT2D eigenvalue weighted by atomic mass is 9.81. The minimum absolute atomic E-state index is 0.0430. The van der Waals surface area contributed by atoms with Gasteiger partial charge in [0.25, 0.3) is 5.91 Å². The van der Waals surface area contributed by atoms with Gasteiger partial charge in [0.15, 0.2) is 5.01 Å². The van der Waals surface area contributed by atoms with Gasteiger partial charge in [-0.3, -0.25) is 24.1 Å². The molecule has 0 aromatic carbocycles. The Hall–Kier alpha value is -3.09. The average molecular weight is 562 g/mol. The van der Waals surface area contributed by atoms with Gasteiger partial charge in [-0.15, -0.1) is 11.3 Å². The number of hydrogen-bond acceptors (Lipinski definition) is 8. The number of hydrogen-bond donors (Lipinski definition) is 3. The second-order valence-corrected chi connectivity index (χ2v) is 11.9. The van der Waals surface area contributed by atoms with Gasteiger partial charge in [0, 0.05) is 43.7 Å². The molecule has 1 aliphatic heterocycles. The molecule has 11 nitrogen and oxygen atoms in total. The second-order valence-electron chi connectivity index (χ2n) is 10.4. The predicted octanol–water partition coefficient (Wildman–Crippen LogP) is 1.98. The highest BCUT2D eigenvalue weighted by molar-refractivity contribution is 7.14. The first-order chi connectivity index (χ1) is 17.9. The summed E-state index contributed by atoms with van der Waals surface area (Å²) in [5.74, 6) is -2.28. The van der Waals surface area contributed by atoms with E-state index in [-0.39, 0.29) is 29.1 Å². The van der Waals surface area contributed by atoms with Crippen LogP contribution in [0.1, 0.15) is 53.5 Å². The Bertz CT molecular complexity index is 1250. The zero-order valence-electron chi connectivity index (χ0n) is 22.0. The van der Waals surface area contributed by atoms with E-state index in [1.165, 1.54) is 28.5 Å². The number of aromatic nitrogens is 2. The summed E-state index contributed by atoms with van der Waals surface area (Å²) in [6, 6.07) is 1.92. The smallest absolute Gasteiger partial charge is 0.314 e. The van der Waals surface area contributed by atoms with E-state index < -0.39 is 23.9 Å². The van der Waals surface area contributed by atoms with Crippen molar-refractivity contribution in [1.29, 1.82) is 0 Å². The number of amides is 4. The molecule has 4 amide bonds. The quantitative estimate of drug-likeness (QED) is 0.475. The molecule has 0 spiro atoms. The van der Waals surface area contributed by atoms with E-state index in [0.717, 1.165) is 10.6 Å². The Morgan fingerprint density at radius 2 is 1.84 bits per heavy atom. The van der Waals surface area contributed by atoms with E-state index in [1.807, 2.05) is 7.05 Å². The number of nitrogens with zero attached hydrogens (tertiary/aromatic N) is 4. The highest BCUT2D eigenvalue weighted by atomic mass is 35.5. The molecule has 204 valence electrons. The van der Waals surface area contributed by atoms with Crippen molar-refractivity contribution in [3.05, 3.63) is 38.9 Å². The van der Waals surface area contributed by atoms with Crippen LogP contribution in [-0.4, -0.2) is 76.6 Å². The topological polar surface area (TPSA) is 137 Å². The Labute approximate surface area is 230 Å². The van der Waals surface area contributed by atoms with E-state index >= 15 is 0 Å². The first-order valence-corrected chi connectivity index (χ1v) is 13.5. The Kier molecular flexibility index (Phi) is 8.05. The molecule has 0 saturated heterocycles. The van der Waals surface area contributed by atoms with Gasteiger partial charge in [0.1, 0.15) is 5.82 Å². The molecule has 0 unspecified atom stereocenters. The van der Waals surface area contributed by atoms with Crippen LogP contribution in [0.2, 0.25) is 5.02 Å². The Morgan fingerprint density at radius 1 is 1.11 bits per heavy atom. The molecule has 2 aliphatic rings. The fourth-order valence-electron chi connectivity index (χ4n) is 4.81. The number of carbonyl (C=O) groups is 4. The van der Waals surface area contributed by atoms with E-state index in [1.54, 1.807) is 20.2 Å². The van der Waals surface area contributed by atoms with Crippen LogP contribution >= 0.6 is 22.9 Å². The summed E-state index contributed by atoms with van der Waals surface area (Å²) < 4.78 is 0. The molecule has 1 fully saturated rings. The molecule has 38 heavy (non-hydrogen) atoms. The lowest BCUT2D eigenvalue weighted by molar-refractivity contribution is -0.137. The van der Waals surface area contributed by atoms with Gasteiger partial charge in [0.05, 0.1) is 22.3 Å². The van der Waals surface area contributed by atoms with Crippen LogP contribution in [0.15, 0.2) is 18.3 Å². The average Bonchev–Trinajstić information content (AvgIpc) is 3.38. The van der Waals surface area contributed by atoms with Gasteiger partial charge in [0.2, 0.25) is 5.91 Å². The van der Waals surface area contributed by atoms with Crippen LogP contribution in [-0.2, 0) is 26.5 Å². The minimum atomic E-state index is -0.890. The molecule has 2 aromatic rings. The van der Waals surface area contributed by atoms with Gasteiger partial charge in [-0.1, -0.05) is 11.6 Å². The monoisotopic (exact) mass is 561 g/mol. The SMILES string of the molecule is CN(C)C(=O)[C@H]1CC[C@H](NC(=O)C(=O)Nc2ccc(Cl)cn2)[C@H](NC(=O)c2nc3c(s2)C(C)(C)N(C)C3)C1. The number of pyridine rings is 1. The van der Waals surface area contributed by atoms with Crippen molar-refractivity contribution in [2.24, 2.45) is 5.92 Å². The Balaban J connectivity index is 1.47. The Morgan fingerprint density at radius 3 is 2.47 bits per heavy atom. The van der Waals surface area contributed by atoms with Crippen molar-refractivity contribution in [1.82, 2.24) is 30.4 Å². The summed E-state index contributed by atoms with van der Waals surface area (Å²) in [7, 11) is 5.40. The first kappa shape index (κ1) is 27.9. The highest BCUT2D eigenvalue weighted by Crippen LogP contribution is 2.41. The zero-order chi connectivity index (χ0) is 27.8. The van der Waals surface area contributed by atoms with Gasteiger partial charge >= 0.3 is 11.8 Å². The molecule has 2 aromatic heterocycles. The van der Waals surface area contributed by atoms with Crippen LogP contribution in [0.4, 0.5) is 5.82 Å². The predicted molar refractivity (Wildman–Crippen MR) is 144 cm³/mol. The maximum Gasteiger partial charge on any atom is 0.314 e. The van der Waals surface area contributed by atoms with Crippen LogP contribution in [0, 0.1) is 5.92 Å². The largest absolute Gasteiger partial charge is 0.349 e. The summed E-state index contributed by atoms with van der Waals surface area (Å²) >= 11 is 7.17. The molecular formula is C25H32ClN7O4S. The van der Waals surface area contributed by atoms with E-state index in [2.05, 4.69) is 44.7 Å². The third-order valence-corrected chi connectivity index (χ3v) is 8.87. The lowest BCUT2D eigenvalue weighted by Crippen LogP contribution is -2.57. The molecule has 1 saturated carbocycles. The van der Waals surface area contributed by atoms with Crippen molar-refractivity contribution in [3.8, 4) is 0 Å². The van der Waals surface area contributed by atoms with E-state index in [0.29, 0.717) is 35.8 Å². The number of rotatable bonds is 5. The summed E-state index contributed by atoms with van der Waals surface area (Å²) in [5, 5.41) is 8.90. The third-order valence-electron chi connectivity index (χ3n) is 7.24. The summed E-state index contributed by atoms with van der Waals surface area (Å²) in [6.07, 6.45) is 2.62. The van der Waals surface area contributed by atoms with Gasteiger partial charge in [-0.2, -0.15) is 0 Å². The third kappa shape index (κ3) is 5.82. The van der Waals surface area contributed by atoms with Gasteiger partial charge in [-0.05, 0) is 52.3 Å². The second kappa shape index (κ2) is 11.0. The molecule has 1 aliphatic carbocycles. The van der Waals surface area contributed by atoms with Crippen molar-refractivity contribution < 1.29 is 19.2 Å². The molecule has 0 radical (unpaired) electrons. The molecule has 13 heteroatoms.